The summed E-state index contributed by atoms with van der Waals surface area (Å²) >= 11 is 7.00. The Hall–Kier alpha value is -0.980. The fourth-order valence-corrected chi connectivity index (χ4v) is 4.32. The molecule has 1 saturated heterocycles. The average molecular weight is 310 g/mol. The van der Waals surface area contributed by atoms with Gasteiger partial charge in [-0.1, -0.05) is 0 Å². The fourth-order valence-electron chi connectivity index (χ4n) is 2.86. The lowest BCUT2D eigenvalue weighted by Crippen LogP contribution is -2.29. The molecule has 4 nitrogen and oxygen atoms in total. The van der Waals surface area contributed by atoms with Crippen LogP contribution < -0.4 is 5.56 Å². The summed E-state index contributed by atoms with van der Waals surface area (Å²) in [6.45, 7) is 7.58. The average Bonchev–Trinajstić information content (AvgIpc) is 2.99. The smallest absolute Gasteiger partial charge is 0.263 e. The van der Waals surface area contributed by atoms with Gasteiger partial charge in [-0.3, -0.25) is 9.36 Å². The van der Waals surface area contributed by atoms with E-state index < -0.39 is 0 Å². The van der Waals surface area contributed by atoms with E-state index in [4.69, 9.17) is 17.0 Å². The molecule has 3 heterocycles. The van der Waals surface area contributed by atoms with Crippen LogP contribution in [0.1, 0.15) is 29.8 Å². The molecule has 1 aliphatic heterocycles. The lowest BCUT2D eigenvalue weighted by Gasteiger charge is -2.20. The van der Waals surface area contributed by atoms with Gasteiger partial charge < -0.3 is 9.72 Å². The molecule has 20 heavy (non-hydrogen) atoms. The molecule has 0 saturated carbocycles. The van der Waals surface area contributed by atoms with Gasteiger partial charge in [0.15, 0.2) is 4.77 Å². The zero-order valence-electron chi connectivity index (χ0n) is 11.9. The van der Waals surface area contributed by atoms with Crippen molar-refractivity contribution in [2.75, 3.05) is 13.2 Å². The molecule has 2 aromatic rings. The molecule has 0 amide bonds. The van der Waals surface area contributed by atoms with Crippen LogP contribution in [0.5, 0.6) is 0 Å². The molecule has 1 fully saturated rings. The molecule has 0 aliphatic carbocycles. The molecular weight excluding hydrogens is 292 g/mol. The summed E-state index contributed by atoms with van der Waals surface area (Å²) in [5.74, 6) is 0.361. The van der Waals surface area contributed by atoms with Crippen LogP contribution >= 0.6 is 23.6 Å². The highest BCUT2D eigenvalue weighted by Gasteiger charge is 2.26. The van der Waals surface area contributed by atoms with Crippen molar-refractivity contribution in [2.45, 2.75) is 33.2 Å². The Morgan fingerprint density at radius 2 is 2.25 bits per heavy atom. The number of rotatable bonds is 2. The molecule has 6 heteroatoms. The molecule has 2 aromatic heterocycles. The number of nitrogens with zero attached hydrogens (tertiary/aromatic N) is 1. The highest BCUT2D eigenvalue weighted by molar-refractivity contribution is 7.71. The van der Waals surface area contributed by atoms with Gasteiger partial charge in [-0.25, -0.2) is 0 Å². The minimum Gasteiger partial charge on any atom is -0.381 e. The van der Waals surface area contributed by atoms with Crippen LogP contribution in [0.2, 0.25) is 0 Å². The van der Waals surface area contributed by atoms with E-state index in [-0.39, 0.29) is 11.6 Å². The highest BCUT2D eigenvalue weighted by atomic mass is 32.1. The van der Waals surface area contributed by atoms with Gasteiger partial charge in [0.1, 0.15) is 4.83 Å². The summed E-state index contributed by atoms with van der Waals surface area (Å²) in [6.07, 6.45) is 0.988. The highest BCUT2D eigenvalue weighted by Crippen LogP contribution is 2.29. The summed E-state index contributed by atoms with van der Waals surface area (Å²) in [6, 6.07) is 0.0674. The van der Waals surface area contributed by atoms with Gasteiger partial charge >= 0.3 is 0 Å². The summed E-state index contributed by atoms with van der Waals surface area (Å²) in [7, 11) is 0. The van der Waals surface area contributed by atoms with Gasteiger partial charge in [-0.05, 0) is 45.0 Å². The van der Waals surface area contributed by atoms with E-state index in [1.807, 2.05) is 13.8 Å². The molecule has 2 atom stereocenters. The van der Waals surface area contributed by atoms with Crippen LogP contribution in [-0.4, -0.2) is 22.8 Å². The molecule has 0 radical (unpaired) electrons. The maximum atomic E-state index is 12.8. The summed E-state index contributed by atoms with van der Waals surface area (Å²) in [5.41, 5.74) is 1.09. The molecule has 108 valence electrons. The van der Waals surface area contributed by atoms with E-state index in [2.05, 4.69) is 11.9 Å². The largest absolute Gasteiger partial charge is 0.381 e. The number of hydrogen-bond acceptors (Lipinski definition) is 4. The zero-order chi connectivity index (χ0) is 14.4. The van der Waals surface area contributed by atoms with Gasteiger partial charge in [-0.2, -0.15) is 0 Å². The molecular formula is C14H18N2O2S2. The van der Waals surface area contributed by atoms with Crippen LogP contribution in [-0.2, 0) is 4.74 Å². The number of hydrogen-bond donors (Lipinski definition) is 1. The quantitative estimate of drug-likeness (QED) is 0.866. The van der Waals surface area contributed by atoms with Crippen molar-refractivity contribution in [3.63, 3.8) is 0 Å². The van der Waals surface area contributed by atoms with E-state index in [1.165, 1.54) is 0 Å². The van der Waals surface area contributed by atoms with Crippen molar-refractivity contribution in [3.05, 3.63) is 25.6 Å². The number of ether oxygens (including phenoxy) is 1. The third kappa shape index (κ3) is 2.06. The lowest BCUT2D eigenvalue weighted by atomic mass is 10.0. The normalized spacial score (nSPS) is 20.6. The number of thiophene rings is 1. The monoisotopic (exact) mass is 310 g/mol. The zero-order valence-corrected chi connectivity index (χ0v) is 13.5. The predicted molar refractivity (Wildman–Crippen MR) is 84.4 cm³/mol. The first kappa shape index (κ1) is 14.0. The van der Waals surface area contributed by atoms with Crippen LogP contribution in [0.4, 0.5) is 0 Å². The third-order valence-electron chi connectivity index (χ3n) is 4.31. The van der Waals surface area contributed by atoms with Gasteiger partial charge in [0, 0.05) is 23.4 Å². The van der Waals surface area contributed by atoms with E-state index in [1.54, 1.807) is 15.9 Å². The molecule has 1 N–H and O–H groups in total. The predicted octanol–water partition coefficient (Wildman–Crippen LogP) is 3.33. The number of aromatic nitrogens is 2. The first-order chi connectivity index (χ1) is 9.50. The van der Waals surface area contributed by atoms with Gasteiger partial charge in [0.2, 0.25) is 0 Å². The van der Waals surface area contributed by atoms with E-state index in [0.29, 0.717) is 17.3 Å². The second-order valence-electron chi connectivity index (χ2n) is 5.46. The number of aryl methyl sites for hydroxylation is 2. The second-order valence-corrected chi connectivity index (χ2v) is 7.07. The van der Waals surface area contributed by atoms with Crippen molar-refractivity contribution >= 4 is 33.8 Å². The van der Waals surface area contributed by atoms with E-state index in [0.717, 1.165) is 33.7 Å². The lowest BCUT2D eigenvalue weighted by molar-refractivity contribution is 0.174. The van der Waals surface area contributed by atoms with E-state index in [9.17, 15) is 4.79 Å². The third-order valence-corrected chi connectivity index (χ3v) is 5.73. The van der Waals surface area contributed by atoms with E-state index >= 15 is 0 Å². The van der Waals surface area contributed by atoms with Crippen molar-refractivity contribution in [1.29, 1.82) is 0 Å². The van der Waals surface area contributed by atoms with Gasteiger partial charge in [0.05, 0.1) is 12.0 Å². The molecule has 0 spiro atoms. The van der Waals surface area contributed by atoms with Crippen molar-refractivity contribution < 1.29 is 4.74 Å². The molecule has 0 bridgehead atoms. The standard InChI is InChI=1S/C14H18N2O2S2/c1-7-9(3)20-12-11(7)13(17)16(14(19)15-12)8(2)10-4-5-18-6-10/h8,10H,4-6H2,1-3H3,(H,15,19). The summed E-state index contributed by atoms with van der Waals surface area (Å²) < 4.78 is 7.69. The number of aromatic amines is 1. The minimum absolute atomic E-state index is 0.0324. The minimum atomic E-state index is 0.0324. The second kappa shape index (κ2) is 5.09. The van der Waals surface area contributed by atoms with Gasteiger partial charge in [-0.15, -0.1) is 11.3 Å². The molecule has 2 unspecified atom stereocenters. The van der Waals surface area contributed by atoms with Crippen LogP contribution in [0.3, 0.4) is 0 Å². The van der Waals surface area contributed by atoms with Crippen molar-refractivity contribution in [3.8, 4) is 0 Å². The van der Waals surface area contributed by atoms with Gasteiger partial charge in [0.25, 0.3) is 5.56 Å². The first-order valence-electron chi connectivity index (χ1n) is 6.83. The topological polar surface area (TPSA) is 47.0 Å². The Bertz CT molecular complexity index is 766. The summed E-state index contributed by atoms with van der Waals surface area (Å²) in [4.78, 5) is 18.1. The maximum absolute atomic E-state index is 12.8. The van der Waals surface area contributed by atoms with Crippen molar-refractivity contribution in [2.24, 2.45) is 5.92 Å². The molecule has 3 rings (SSSR count). The Morgan fingerprint density at radius 1 is 1.50 bits per heavy atom. The Kier molecular flexibility index (Phi) is 3.56. The first-order valence-corrected chi connectivity index (χ1v) is 8.05. The summed E-state index contributed by atoms with van der Waals surface area (Å²) in [5, 5.41) is 0.784. The maximum Gasteiger partial charge on any atom is 0.263 e. The number of nitrogens with one attached hydrogen (secondary N) is 1. The SMILES string of the molecule is Cc1sc2[nH]c(=S)n(C(C)C3CCOC3)c(=O)c2c1C. The molecule has 0 aromatic carbocycles. The Morgan fingerprint density at radius 3 is 2.90 bits per heavy atom. The Labute approximate surface area is 126 Å². The van der Waals surface area contributed by atoms with Crippen LogP contribution in [0.15, 0.2) is 4.79 Å². The number of H-pyrrole nitrogens is 1. The molecule has 1 aliphatic rings. The fraction of sp³-hybridized carbons (Fsp3) is 0.571. The van der Waals surface area contributed by atoms with Crippen LogP contribution in [0, 0.1) is 24.5 Å². The van der Waals surface area contributed by atoms with Crippen LogP contribution in [0.25, 0.3) is 10.2 Å². The van der Waals surface area contributed by atoms with Crippen molar-refractivity contribution in [1.82, 2.24) is 9.55 Å². The number of fused-ring (bicyclic) bond motifs is 1. The Balaban J connectivity index is 2.22.